The summed E-state index contributed by atoms with van der Waals surface area (Å²) in [7, 11) is -3.57. The van der Waals surface area contributed by atoms with Crippen molar-refractivity contribution in [2.24, 2.45) is 0 Å². The summed E-state index contributed by atoms with van der Waals surface area (Å²) >= 11 is 9.15. The number of aliphatic hydroxyl groups excluding tert-OH is 1. The second-order valence-corrected chi connectivity index (χ2v) is 14.6. The van der Waals surface area contributed by atoms with E-state index in [1.807, 2.05) is 13.0 Å². The molecule has 0 spiro atoms. The minimum absolute atomic E-state index is 0.0920. The lowest BCUT2D eigenvalue weighted by atomic mass is 9.94. The van der Waals surface area contributed by atoms with Gasteiger partial charge < -0.3 is 5.11 Å². The molecule has 1 rings (SSSR count). The van der Waals surface area contributed by atoms with E-state index >= 15 is 0 Å². The van der Waals surface area contributed by atoms with Gasteiger partial charge in [0.05, 0.1) is 4.90 Å². The number of rotatable bonds is 5. The van der Waals surface area contributed by atoms with E-state index in [4.69, 9.17) is 5.11 Å². The second kappa shape index (κ2) is 7.02. The molecule has 0 heterocycles. The van der Waals surface area contributed by atoms with E-state index in [0.717, 1.165) is 12.0 Å². The van der Waals surface area contributed by atoms with Crippen molar-refractivity contribution in [3.63, 3.8) is 0 Å². The van der Waals surface area contributed by atoms with E-state index in [9.17, 15) is 8.42 Å². The Morgan fingerprint density at radius 1 is 1.32 bits per heavy atom. The minimum atomic E-state index is -3.57. The number of benzene rings is 1. The lowest BCUT2D eigenvalue weighted by Gasteiger charge is -2.17. The molecular weight excluding hydrogens is 464 g/mol. The summed E-state index contributed by atoms with van der Waals surface area (Å²) in [5.41, 5.74) is 0.925. The van der Waals surface area contributed by atoms with E-state index < -0.39 is 11.3 Å². The lowest BCUT2D eigenvalue weighted by molar-refractivity contribution is 0.274. The number of hydrogen-bond acceptors (Lipinski definition) is 3. The van der Waals surface area contributed by atoms with Crippen molar-refractivity contribution in [3.05, 3.63) is 29.8 Å². The fraction of sp³-hybridized carbons (Fsp3) is 0.500. The zero-order valence-corrected chi connectivity index (χ0v) is 15.9. The third-order valence-electron chi connectivity index (χ3n) is 2.91. The molecule has 108 valence electrons. The summed E-state index contributed by atoms with van der Waals surface area (Å²) in [5.74, 6) is 0.163. The van der Waals surface area contributed by atoms with E-state index in [0.29, 0.717) is 6.42 Å². The monoisotopic (exact) mass is 476 g/mol. The van der Waals surface area contributed by atoms with E-state index in [1.54, 1.807) is 18.2 Å². The van der Waals surface area contributed by atoms with Gasteiger partial charge in [-0.3, -0.25) is 0 Å². The van der Waals surface area contributed by atoms with Gasteiger partial charge in [0.1, 0.15) is 0 Å². The number of aliphatic hydroxyl groups is 1. The topological polar surface area (TPSA) is 54.4 Å². The molecule has 0 aliphatic carbocycles. The molecule has 19 heavy (non-hydrogen) atoms. The van der Waals surface area contributed by atoms with Gasteiger partial charge in [-0.05, 0) is 84.2 Å². The summed E-state index contributed by atoms with van der Waals surface area (Å²) < 4.78 is 23.2. The van der Waals surface area contributed by atoms with Crippen LogP contribution >= 0.6 is 47.8 Å². The quantitative estimate of drug-likeness (QED) is 0.647. The Morgan fingerprint density at radius 3 is 2.42 bits per heavy atom. The first-order valence-electron chi connectivity index (χ1n) is 5.76. The Hall–Kier alpha value is 0.570. The predicted molar refractivity (Wildman–Crippen MR) is 87.9 cm³/mol. The van der Waals surface area contributed by atoms with Gasteiger partial charge in [0.25, 0.3) is 0 Å². The maximum Gasteiger partial charge on any atom is 0.239 e. The Morgan fingerprint density at radius 2 is 1.95 bits per heavy atom. The molecule has 0 fully saturated rings. The maximum atomic E-state index is 12.3. The van der Waals surface area contributed by atoms with Crippen LogP contribution in [0, 0.1) is 0 Å². The van der Waals surface area contributed by atoms with Gasteiger partial charge in [0, 0.05) is 6.61 Å². The molecular formula is C12H15Br3O3S. The van der Waals surface area contributed by atoms with Crippen LogP contribution in [0.25, 0.3) is 0 Å². The molecule has 0 radical (unpaired) electrons. The molecule has 1 aromatic carbocycles. The van der Waals surface area contributed by atoms with Crippen molar-refractivity contribution in [1.29, 1.82) is 0 Å². The van der Waals surface area contributed by atoms with Crippen LogP contribution in [0.3, 0.4) is 0 Å². The largest absolute Gasteiger partial charge is 0.396 e. The molecule has 0 aliphatic rings. The fourth-order valence-corrected chi connectivity index (χ4v) is 4.33. The number of sulfone groups is 1. The second-order valence-electron chi connectivity index (χ2n) is 4.14. The van der Waals surface area contributed by atoms with Gasteiger partial charge >= 0.3 is 0 Å². The van der Waals surface area contributed by atoms with Crippen LogP contribution < -0.4 is 0 Å². The summed E-state index contributed by atoms with van der Waals surface area (Å²) in [5, 5.41) is 9.05. The lowest BCUT2D eigenvalue weighted by Crippen LogP contribution is -2.18. The fourth-order valence-electron chi connectivity index (χ4n) is 1.83. The molecule has 0 aliphatic heterocycles. The highest BCUT2D eigenvalue weighted by molar-refractivity contribution is 9.42. The summed E-state index contributed by atoms with van der Waals surface area (Å²) in [4.78, 5) is 0.229. The van der Waals surface area contributed by atoms with Crippen molar-refractivity contribution in [1.82, 2.24) is 0 Å². The molecule has 7 heteroatoms. The standard InChI is InChI=1S/C12H15Br3O3S/c1-2-9(6-7-16)10-4-3-5-11(8-10)19(17,18)12(13,14)15/h3-5,8-9,16H,2,6-7H2,1H3. The molecule has 0 saturated heterocycles. The highest BCUT2D eigenvalue weighted by atomic mass is 80.0. The Kier molecular flexibility index (Phi) is 6.51. The van der Waals surface area contributed by atoms with Crippen molar-refractivity contribution in [2.75, 3.05) is 6.61 Å². The van der Waals surface area contributed by atoms with Crippen molar-refractivity contribution < 1.29 is 13.5 Å². The highest BCUT2D eigenvalue weighted by Crippen LogP contribution is 2.43. The summed E-state index contributed by atoms with van der Waals surface area (Å²) in [6.07, 6.45) is 1.48. The summed E-state index contributed by atoms with van der Waals surface area (Å²) in [6, 6.07) is 6.84. The third-order valence-corrected chi connectivity index (χ3v) is 8.23. The van der Waals surface area contributed by atoms with Gasteiger partial charge in [-0.1, -0.05) is 19.1 Å². The Labute approximate surface area is 139 Å². The third kappa shape index (κ3) is 4.27. The maximum absolute atomic E-state index is 12.3. The number of halogens is 3. The SMILES string of the molecule is CCC(CCO)c1cccc(S(=O)(=O)C(Br)(Br)Br)c1. The van der Waals surface area contributed by atoms with Crippen molar-refractivity contribution >= 4 is 57.6 Å². The highest BCUT2D eigenvalue weighted by Gasteiger charge is 2.37. The zero-order chi connectivity index (χ0) is 14.7. The average Bonchev–Trinajstić information content (AvgIpc) is 2.34. The average molecular weight is 479 g/mol. The van der Waals surface area contributed by atoms with Crippen LogP contribution in [0.5, 0.6) is 0 Å². The molecule has 0 saturated carbocycles. The molecule has 1 N–H and O–H groups in total. The number of hydrogen-bond donors (Lipinski definition) is 1. The molecule has 0 bridgehead atoms. The van der Waals surface area contributed by atoms with Crippen LogP contribution in [0.15, 0.2) is 29.2 Å². The molecule has 0 aromatic heterocycles. The van der Waals surface area contributed by atoms with Crippen LogP contribution in [-0.4, -0.2) is 21.6 Å². The normalized spacial score (nSPS) is 14.4. The smallest absolute Gasteiger partial charge is 0.239 e. The van der Waals surface area contributed by atoms with Crippen molar-refractivity contribution in [3.8, 4) is 0 Å². The molecule has 1 unspecified atom stereocenters. The number of alkyl halides is 3. The van der Waals surface area contributed by atoms with Gasteiger partial charge in [-0.15, -0.1) is 0 Å². The van der Waals surface area contributed by atoms with E-state index in [-0.39, 0.29) is 17.4 Å². The van der Waals surface area contributed by atoms with Gasteiger partial charge in [0.15, 0.2) is 0 Å². The first-order chi connectivity index (χ1) is 8.74. The molecule has 3 nitrogen and oxygen atoms in total. The molecule has 1 atom stereocenters. The molecule has 1 aromatic rings. The van der Waals surface area contributed by atoms with Gasteiger partial charge in [-0.25, -0.2) is 8.42 Å². The minimum Gasteiger partial charge on any atom is -0.396 e. The Bertz CT molecular complexity index is 523. The Balaban J connectivity index is 3.21. The predicted octanol–water partition coefficient (Wildman–Crippen LogP) is 4.13. The van der Waals surface area contributed by atoms with E-state index in [1.165, 1.54) is 0 Å². The van der Waals surface area contributed by atoms with Gasteiger partial charge in [0.2, 0.25) is 11.3 Å². The zero-order valence-electron chi connectivity index (χ0n) is 10.3. The van der Waals surface area contributed by atoms with Crippen LogP contribution in [0.1, 0.15) is 31.2 Å². The first kappa shape index (κ1) is 17.6. The van der Waals surface area contributed by atoms with Crippen LogP contribution in [0.4, 0.5) is 0 Å². The van der Waals surface area contributed by atoms with E-state index in [2.05, 4.69) is 47.8 Å². The van der Waals surface area contributed by atoms with Gasteiger partial charge in [-0.2, -0.15) is 0 Å². The molecule has 0 amide bonds. The summed E-state index contributed by atoms with van der Waals surface area (Å²) in [6.45, 7) is 2.11. The first-order valence-corrected chi connectivity index (χ1v) is 9.62. The van der Waals surface area contributed by atoms with Crippen LogP contribution in [-0.2, 0) is 9.84 Å². The van der Waals surface area contributed by atoms with Crippen molar-refractivity contribution in [2.45, 2.75) is 32.1 Å². The van der Waals surface area contributed by atoms with Crippen LogP contribution in [0.2, 0.25) is 0 Å².